The quantitative estimate of drug-likeness (QED) is 0.615. The van der Waals surface area contributed by atoms with Crippen LogP contribution in [0.1, 0.15) is 5.56 Å². The molecule has 2 aromatic carbocycles. The van der Waals surface area contributed by atoms with Gasteiger partial charge in [0.25, 0.3) is 5.91 Å². The first-order valence-corrected chi connectivity index (χ1v) is 11.8. The number of amides is 1. The highest BCUT2D eigenvalue weighted by Crippen LogP contribution is 2.10. The van der Waals surface area contributed by atoms with E-state index in [1.807, 2.05) is 36.4 Å². The van der Waals surface area contributed by atoms with Gasteiger partial charge >= 0.3 is 0 Å². The van der Waals surface area contributed by atoms with Crippen LogP contribution in [0.5, 0.6) is 5.75 Å². The molecule has 1 fully saturated rings. The van der Waals surface area contributed by atoms with E-state index in [4.69, 9.17) is 4.74 Å². The van der Waals surface area contributed by atoms with E-state index in [0.29, 0.717) is 18.8 Å². The Labute approximate surface area is 178 Å². The van der Waals surface area contributed by atoms with Crippen molar-refractivity contribution in [1.82, 2.24) is 14.5 Å². The molecule has 0 unspecified atom stereocenters. The predicted molar refractivity (Wildman–Crippen MR) is 117 cm³/mol. The van der Waals surface area contributed by atoms with Gasteiger partial charge in [0.2, 0.25) is 10.0 Å². The van der Waals surface area contributed by atoms with Crippen molar-refractivity contribution in [3.63, 3.8) is 0 Å². The summed E-state index contributed by atoms with van der Waals surface area (Å²) >= 11 is 0. The molecule has 1 aliphatic rings. The van der Waals surface area contributed by atoms with Gasteiger partial charge in [0.1, 0.15) is 5.75 Å². The highest BCUT2D eigenvalue weighted by atomic mass is 32.2. The lowest BCUT2D eigenvalue weighted by atomic mass is 10.1. The third kappa shape index (κ3) is 7.12. The molecule has 1 N–H and O–H groups in total. The minimum atomic E-state index is -3.39. The van der Waals surface area contributed by atoms with E-state index < -0.39 is 10.0 Å². The molecule has 8 heteroatoms. The van der Waals surface area contributed by atoms with Crippen LogP contribution in [0, 0.1) is 0 Å². The maximum absolute atomic E-state index is 12.6. The van der Waals surface area contributed by atoms with Crippen molar-refractivity contribution in [3.05, 3.63) is 66.2 Å². The molecule has 0 aliphatic carbocycles. The fourth-order valence-electron chi connectivity index (χ4n) is 3.33. The van der Waals surface area contributed by atoms with E-state index in [1.165, 1.54) is 9.87 Å². The van der Waals surface area contributed by atoms with Gasteiger partial charge in [-0.3, -0.25) is 4.79 Å². The first kappa shape index (κ1) is 22.3. The third-order valence-electron chi connectivity index (χ3n) is 5.08. The fourth-order valence-corrected chi connectivity index (χ4v) is 4.67. The van der Waals surface area contributed by atoms with Crippen LogP contribution in [-0.2, 0) is 21.2 Å². The standard InChI is InChI=1S/C22H29N3O4S/c26-22(19-29-21-9-5-2-6-10-21)23-12-18-30(27,28)25-16-14-24(15-17-25)13-11-20-7-3-1-4-8-20/h1-10H,11-19H2,(H,23,26). The van der Waals surface area contributed by atoms with Crippen molar-refractivity contribution in [2.24, 2.45) is 0 Å². The maximum atomic E-state index is 12.6. The summed E-state index contributed by atoms with van der Waals surface area (Å²) in [6.07, 6.45) is 0.963. The van der Waals surface area contributed by atoms with Crippen LogP contribution in [0.4, 0.5) is 0 Å². The summed E-state index contributed by atoms with van der Waals surface area (Å²) in [5.41, 5.74) is 1.29. The summed E-state index contributed by atoms with van der Waals surface area (Å²) in [7, 11) is -3.39. The van der Waals surface area contributed by atoms with Gasteiger partial charge in [0.15, 0.2) is 6.61 Å². The molecule has 2 aromatic rings. The highest BCUT2D eigenvalue weighted by Gasteiger charge is 2.26. The summed E-state index contributed by atoms with van der Waals surface area (Å²) in [6, 6.07) is 19.3. The van der Waals surface area contributed by atoms with Crippen LogP contribution in [0.25, 0.3) is 0 Å². The Bertz CT molecular complexity index is 883. The molecule has 30 heavy (non-hydrogen) atoms. The van der Waals surface area contributed by atoms with E-state index in [2.05, 4.69) is 22.3 Å². The van der Waals surface area contributed by atoms with E-state index in [-0.39, 0.29) is 24.8 Å². The number of ether oxygens (including phenoxy) is 1. The molecule has 0 aromatic heterocycles. The van der Waals surface area contributed by atoms with Gasteiger partial charge in [-0.15, -0.1) is 0 Å². The number of rotatable bonds is 10. The molecule has 0 spiro atoms. The first-order chi connectivity index (χ1) is 14.5. The minimum absolute atomic E-state index is 0.0769. The second-order valence-electron chi connectivity index (χ2n) is 7.24. The molecule has 1 aliphatic heterocycles. The molecular formula is C22H29N3O4S. The lowest BCUT2D eigenvalue weighted by molar-refractivity contribution is -0.122. The van der Waals surface area contributed by atoms with Crippen molar-refractivity contribution in [3.8, 4) is 5.75 Å². The van der Waals surface area contributed by atoms with Gasteiger partial charge < -0.3 is 15.0 Å². The third-order valence-corrected chi connectivity index (χ3v) is 6.95. The monoisotopic (exact) mass is 431 g/mol. The number of piperazine rings is 1. The Morgan fingerprint density at radius 3 is 2.23 bits per heavy atom. The average molecular weight is 432 g/mol. The summed E-state index contributed by atoms with van der Waals surface area (Å²) < 4.78 is 32.0. The molecule has 0 saturated carbocycles. The zero-order valence-electron chi connectivity index (χ0n) is 17.1. The van der Waals surface area contributed by atoms with Crippen LogP contribution in [-0.4, -0.2) is 75.2 Å². The Morgan fingerprint density at radius 1 is 0.933 bits per heavy atom. The maximum Gasteiger partial charge on any atom is 0.257 e. The Kier molecular flexibility index (Phi) is 8.24. The summed E-state index contributed by atoms with van der Waals surface area (Å²) in [4.78, 5) is 14.2. The Hall–Kier alpha value is -2.42. The van der Waals surface area contributed by atoms with Gasteiger partial charge in [-0.1, -0.05) is 48.5 Å². The van der Waals surface area contributed by atoms with Crippen molar-refractivity contribution < 1.29 is 17.9 Å². The van der Waals surface area contributed by atoms with Gasteiger partial charge in [0, 0.05) is 39.3 Å². The number of benzene rings is 2. The summed E-state index contributed by atoms with van der Waals surface area (Å²) in [5.74, 6) is 0.166. The van der Waals surface area contributed by atoms with Crippen LogP contribution in [0.3, 0.4) is 0 Å². The molecule has 3 rings (SSSR count). The van der Waals surface area contributed by atoms with Crippen molar-refractivity contribution in [2.45, 2.75) is 6.42 Å². The number of para-hydroxylation sites is 1. The van der Waals surface area contributed by atoms with Gasteiger partial charge in [0.05, 0.1) is 5.75 Å². The number of carbonyl (C=O) groups is 1. The van der Waals surface area contributed by atoms with Gasteiger partial charge in [-0.05, 0) is 24.1 Å². The zero-order valence-corrected chi connectivity index (χ0v) is 17.9. The van der Waals surface area contributed by atoms with Crippen molar-refractivity contribution in [2.75, 3.05) is 51.6 Å². The number of carbonyl (C=O) groups excluding carboxylic acids is 1. The van der Waals surface area contributed by atoms with E-state index in [0.717, 1.165) is 26.1 Å². The Morgan fingerprint density at radius 2 is 1.57 bits per heavy atom. The number of nitrogens with zero attached hydrogens (tertiary/aromatic N) is 2. The van der Waals surface area contributed by atoms with Crippen molar-refractivity contribution >= 4 is 15.9 Å². The normalized spacial score (nSPS) is 15.6. The first-order valence-electron chi connectivity index (χ1n) is 10.2. The zero-order chi connectivity index (χ0) is 21.2. The summed E-state index contributed by atoms with van der Waals surface area (Å²) in [5, 5.41) is 2.62. The minimum Gasteiger partial charge on any atom is -0.484 e. The molecule has 1 saturated heterocycles. The second-order valence-corrected chi connectivity index (χ2v) is 9.33. The van der Waals surface area contributed by atoms with Crippen LogP contribution >= 0.6 is 0 Å². The number of nitrogens with one attached hydrogen (secondary N) is 1. The summed E-state index contributed by atoms with van der Waals surface area (Å²) in [6.45, 7) is 3.30. The molecule has 7 nitrogen and oxygen atoms in total. The fraction of sp³-hybridized carbons (Fsp3) is 0.409. The lowest BCUT2D eigenvalue weighted by Crippen LogP contribution is -2.50. The largest absolute Gasteiger partial charge is 0.484 e. The molecule has 162 valence electrons. The second kappa shape index (κ2) is 11.1. The van der Waals surface area contributed by atoms with Crippen LogP contribution < -0.4 is 10.1 Å². The van der Waals surface area contributed by atoms with E-state index in [1.54, 1.807) is 12.1 Å². The van der Waals surface area contributed by atoms with Gasteiger partial charge in [-0.2, -0.15) is 4.31 Å². The topological polar surface area (TPSA) is 78.9 Å². The molecule has 1 amide bonds. The molecule has 0 atom stereocenters. The van der Waals surface area contributed by atoms with Crippen LogP contribution in [0.15, 0.2) is 60.7 Å². The number of hydrogen-bond acceptors (Lipinski definition) is 5. The average Bonchev–Trinajstić information content (AvgIpc) is 2.78. The number of hydrogen-bond donors (Lipinski definition) is 1. The molecular weight excluding hydrogens is 402 g/mol. The molecule has 0 radical (unpaired) electrons. The smallest absolute Gasteiger partial charge is 0.257 e. The lowest BCUT2D eigenvalue weighted by Gasteiger charge is -2.34. The molecule has 1 heterocycles. The predicted octanol–water partition coefficient (Wildman–Crippen LogP) is 1.37. The molecule has 0 bridgehead atoms. The highest BCUT2D eigenvalue weighted by molar-refractivity contribution is 7.89. The van der Waals surface area contributed by atoms with E-state index in [9.17, 15) is 13.2 Å². The SMILES string of the molecule is O=C(COc1ccccc1)NCCS(=O)(=O)N1CCN(CCc2ccccc2)CC1. The Balaban J connectivity index is 1.33. The van der Waals surface area contributed by atoms with Gasteiger partial charge in [-0.25, -0.2) is 8.42 Å². The van der Waals surface area contributed by atoms with Crippen LogP contribution in [0.2, 0.25) is 0 Å². The van der Waals surface area contributed by atoms with Crippen molar-refractivity contribution in [1.29, 1.82) is 0 Å². The van der Waals surface area contributed by atoms with E-state index >= 15 is 0 Å². The number of sulfonamides is 1.